The summed E-state index contributed by atoms with van der Waals surface area (Å²) in [6.07, 6.45) is 5.36. The molecular formula is C22H26O5. The van der Waals surface area contributed by atoms with Crippen LogP contribution in [-0.2, 0) is 0 Å². The lowest BCUT2D eigenvalue weighted by Gasteiger charge is -2.14. The summed E-state index contributed by atoms with van der Waals surface area (Å²) in [7, 11) is 4.54. The van der Waals surface area contributed by atoms with Gasteiger partial charge in [-0.05, 0) is 42.3 Å². The third-order valence-corrected chi connectivity index (χ3v) is 4.02. The molecule has 0 N–H and O–H groups in total. The van der Waals surface area contributed by atoms with E-state index in [0.717, 1.165) is 24.2 Å². The highest BCUT2D eigenvalue weighted by atomic mass is 16.5. The van der Waals surface area contributed by atoms with Crippen molar-refractivity contribution in [3.63, 3.8) is 0 Å². The van der Waals surface area contributed by atoms with Gasteiger partial charge in [-0.3, -0.25) is 4.79 Å². The molecule has 0 heterocycles. The van der Waals surface area contributed by atoms with Gasteiger partial charge in [0.1, 0.15) is 5.75 Å². The fourth-order valence-corrected chi connectivity index (χ4v) is 2.60. The summed E-state index contributed by atoms with van der Waals surface area (Å²) < 4.78 is 21.7. The Hall–Kier alpha value is -2.95. The molecular weight excluding hydrogens is 344 g/mol. The topological polar surface area (TPSA) is 54.0 Å². The van der Waals surface area contributed by atoms with Crippen molar-refractivity contribution in [2.75, 3.05) is 27.9 Å². The van der Waals surface area contributed by atoms with E-state index in [0.29, 0.717) is 29.4 Å². The average molecular weight is 370 g/mol. The summed E-state index contributed by atoms with van der Waals surface area (Å²) in [5.74, 6) is 1.85. The largest absolute Gasteiger partial charge is 0.494 e. The van der Waals surface area contributed by atoms with Crippen LogP contribution in [0.5, 0.6) is 23.0 Å². The second-order valence-electron chi connectivity index (χ2n) is 5.85. The van der Waals surface area contributed by atoms with E-state index in [1.807, 2.05) is 24.3 Å². The molecule has 27 heavy (non-hydrogen) atoms. The van der Waals surface area contributed by atoms with Gasteiger partial charge in [-0.1, -0.05) is 31.6 Å². The summed E-state index contributed by atoms with van der Waals surface area (Å²) in [6, 6.07) is 11.0. The molecule has 2 aromatic carbocycles. The first-order valence-electron chi connectivity index (χ1n) is 8.88. The molecule has 0 aromatic heterocycles. The van der Waals surface area contributed by atoms with Gasteiger partial charge < -0.3 is 18.9 Å². The molecule has 5 nitrogen and oxygen atoms in total. The monoisotopic (exact) mass is 370 g/mol. The quantitative estimate of drug-likeness (QED) is 0.342. The minimum absolute atomic E-state index is 0.190. The number of benzene rings is 2. The Bertz CT molecular complexity index is 795. The van der Waals surface area contributed by atoms with Gasteiger partial charge in [0.05, 0.1) is 33.5 Å². The van der Waals surface area contributed by atoms with E-state index in [9.17, 15) is 4.79 Å². The van der Waals surface area contributed by atoms with Crippen LogP contribution in [-0.4, -0.2) is 33.7 Å². The lowest BCUT2D eigenvalue weighted by atomic mass is 10.1. The third-order valence-electron chi connectivity index (χ3n) is 4.02. The van der Waals surface area contributed by atoms with Crippen molar-refractivity contribution in [1.29, 1.82) is 0 Å². The van der Waals surface area contributed by atoms with Crippen LogP contribution in [0.2, 0.25) is 0 Å². The van der Waals surface area contributed by atoms with E-state index in [2.05, 4.69) is 6.92 Å². The number of methoxy groups -OCH3 is 3. The fraction of sp³-hybridized carbons (Fsp3) is 0.318. The first kappa shape index (κ1) is 20.4. The molecule has 0 aliphatic rings. The predicted octanol–water partition coefficient (Wildman–Crippen LogP) is 4.79. The third kappa shape index (κ3) is 5.26. The second kappa shape index (κ2) is 10.3. The molecule has 2 aromatic rings. The zero-order valence-corrected chi connectivity index (χ0v) is 16.3. The highest BCUT2D eigenvalue weighted by Gasteiger charge is 2.19. The number of unbranched alkanes of at least 4 members (excludes halogenated alkanes) is 1. The molecule has 0 fully saturated rings. The standard InChI is InChI=1S/C22H26O5/c1-5-6-14-27-17-9-7-8-16(15-17)10-12-19(23)18-11-13-20(24-2)22(26-4)21(18)25-3/h7-13,15H,5-6,14H2,1-4H3. The van der Waals surface area contributed by atoms with E-state index in [4.69, 9.17) is 18.9 Å². The summed E-state index contributed by atoms with van der Waals surface area (Å²) in [6.45, 7) is 2.81. The SMILES string of the molecule is CCCCOc1cccc(C=CC(=O)c2ccc(OC)c(OC)c2OC)c1. The van der Waals surface area contributed by atoms with Crippen LogP contribution in [0.15, 0.2) is 42.5 Å². The van der Waals surface area contributed by atoms with Gasteiger partial charge in [-0.2, -0.15) is 0 Å². The van der Waals surface area contributed by atoms with E-state index in [-0.39, 0.29) is 5.78 Å². The molecule has 0 aliphatic heterocycles. The zero-order chi connectivity index (χ0) is 19.6. The fourth-order valence-electron chi connectivity index (χ4n) is 2.60. The van der Waals surface area contributed by atoms with Crippen LogP contribution in [0, 0.1) is 0 Å². The Morgan fingerprint density at radius 2 is 1.78 bits per heavy atom. The number of carbonyl (C=O) groups is 1. The van der Waals surface area contributed by atoms with Crippen LogP contribution in [0.25, 0.3) is 6.08 Å². The number of carbonyl (C=O) groups excluding carboxylic acids is 1. The predicted molar refractivity (Wildman–Crippen MR) is 106 cm³/mol. The smallest absolute Gasteiger partial charge is 0.204 e. The maximum Gasteiger partial charge on any atom is 0.204 e. The molecule has 0 aliphatic carbocycles. The molecule has 2 rings (SSSR count). The molecule has 0 radical (unpaired) electrons. The lowest BCUT2D eigenvalue weighted by molar-refractivity contribution is 0.104. The van der Waals surface area contributed by atoms with Gasteiger partial charge in [0.25, 0.3) is 0 Å². The Labute approximate surface area is 160 Å². The van der Waals surface area contributed by atoms with Crippen LogP contribution in [0.3, 0.4) is 0 Å². The summed E-state index contributed by atoms with van der Waals surface area (Å²) in [5.41, 5.74) is 1.29. The van der Waals surface area contributed by atoms with Gasteiger partial charge in [-0.15, -0.1) is 0 Å². The number of allylic oxidation sites excluding steroid dienone is 1. The molecule has 0 bridgehead atoms. The van der Waals surface area contributed by atoms with Crippen molar-refractivity contribution in [2.45, 2.75) is 19.8 Å². The lowest BCUT2D eigenvalue weighted by Crippen LogP contribution is -2.03. The summed E-state index contributed by atoms with van der Waals surface area (Å²) in [5, 5.41) is 0. The van der Waals surface area contributed by atoms with Crippen molar-refractivity contribution >= 4 is 11.9 Å². The molecule has 0 atom stereocenters. The molecule has 5 heteroatoms. The van der Waals surface area contributed by atoms with Crippen molar-refractivity contribution in [3.8, 4) is 23.0 Å². The van der Waals surface area contributed by atoms with E-state index in [1.165, 1.54) is 27.4 Å². The second-order valence-corrected chi connectivity index (χ2v) is 5.85. The molecule has 0 saturated heterocycles. The van der Waals surface area contributed by atoms with Crippen molar-refractivity contribution in [3.05, 3.63) is 53.6 Å². The number of hydrogen-bond donors (Lipinski definition) is 0. The van der Waals surface area contributed by atoms with Crippen molar-refractivity contribution in [1.82, 2.24) is 0 Å². The van der Waals surface area contributed by atoms with Gasteiger partial charge >= 0.3 is 0 Å². The minimum Gasteiger partial charge on any atom is -0.494 e. The number of ether oxygens (including phenoxy) is 4. The zero-order valence-electron chi connectivity index (χ0n) is 16.3. The summed E-state index contributed by atoms with van der Waals surface area (Å²) in [4.78, 5) is 12.7. The maximum absolute atomic E-state index is 12.7. The van der Waals surface area contributed by atoms with Crippen LogP contribution < -0.4 is 18.9 Å². The van der Waals surface area contributed by atoms with Crippen molar-refractivity contribution in [2.24, 2.45) is 0 Å². The Balaban J connectivity index is 2.21. The molecule has 0 unspecified atom stereocenters. The first-order valence-corrected chi connectivity index (χ1v) is 8.88. The molecule has 0 amide bonds. The van der Waals surface area contributed by atoms with Crippen LogP contribution in [0.1, 0.15) is 35.7 Å². The number of hydrogen-bond acceptors (Lipinski definition) is 5. The molecule has 0 saturated carbocycles. The average Bonchev–Trinajstić information content (AvgIpc) is 2.71. The highest BCUT2D eigenvalue weighted by molar-refractivity contribution is 6.09. The Kier molecular flexibility index (Phi) is 7.74. The van der Waals surface area contributed by atoms with Gasteiger partial charge in [0.2, 0.25) is 5.75 Å². The van der Waals surface area contributed by atoms with Gasteiger partial charge in [0.15, 0.2) is 17.3 Å². The van der Waals surface area contributed by atoms with E-state index >= 15 is 0 Å². The maximum atomic E-state index is 12.7. The summed E-state index contributed by atoms with van der Waals surface area (Å²) >= 11 is 0. The minimum atomic E-state index is -0.190. The van der Waals surface area contributed by atoms with Crippen LogP contribution >= 0.6 is 0 Å². The first-order chi connectivity index (χ1) is 13.1. The number of rotatable bonds is 10. The van der Waals surface area contributed by atoms with Crippen molar-refractivity contribution < 1.29 is 23.7 Å². The Morgan fingerprint density at radius 1 is 1.00 bits per heavy atom. The molecule has 144 valence electrons. The normalized spacial score (nSPS) is 10.7. The van der Waals surface area contributed by atoms with E-state index in [1.54, 1.807) is 18.2 Å². The van der Waals surface area contributed by atoms with Gasteiger partial charge in [0, 0.05) is 0 Å². The van der Waals surface area contributed by atoms with Gasteiger partial charge in [-0.25, -0.2) is 0 Å². The van der Waals surface area contributed by atoms with E-state index < -0.39 is 0 Å². The molecule has 0 spiro atoms. The Morgan fingerprint density at radius 3 is 2.44 bits per heavy atom. The number of ketones is 1. The highest BCUT2D eigenvalue weighted by Crippen LogP contribution is 2.40. The van der Waals surface area contributed by atoms with Crippen LogP contribution in [0.4, 0.5) is 0 Å².